The maximum absolute atomic E-state index is 6.39. The van der Waals surface area contributed by atoms with Gasteiger partial charge in [0.25, 0.3) is 0 Å². The molecule has 1 aliphatic heterocycles. The molecule has 2 unspecified atom stereocenters. The first kappa shape index (κ1) is 13.0. The van der Waals surface area contributed by atoms with Gasteiger partial charge in [-0.05, 0) is 45.2 Å². The molecule has 0 radical (unpaired) electrons. The van der Waals surface area contributed by atoms with Gasteiger partial charge in [0.15, 0.2) is 0 Å². The molecule has 0 aromatic rings. The standard InChI is InChI=1S/C13H28N2/c1-5-13(4,12(14)11(2)3)15-9-7-6-8-10-15/h11-12H,5-10,14H2,1-4H3. The summed E-state index contributed by atoms with van der Waals surface area (Å²) >= 11 is 0. The second-order valence-corrected chi connectivity index (χ2v) is 5.53. The molecule has 0 aliphatic carbocycles. The summed E-state index contributed by atoms with van der Waals surface area (Å²) in [6.45, 7) is 11.6. The summed E-state index contributed by atoms with van der Waals surface area (Å²) in [5.74, 6) is 0.567. The Balaban J connectivity index is 2.72. The Bertz CT molecular complexity index is 185. The van der Waals surface area contributed by atoms with Crippen molar-refractivity contribution in [2.24, 2.45) is 11.7 Å². The number of likely N-dealkylation sites (tertiary alicyclic amines) is 1. The fourth-order valence-electron chi connectivity index (χ4n) is 2.79. The molecule has 0 bridgehead atoms. The van der Waals surface area contributed by atoms with E-state index in [-0.39, 0.29) is 5.54 Å². The molecular weight excluding hydrogens is 184 g/mol. The van der Waals surface area contributed by atoms with Crippen LogP contribution in [0.1, 0.15) is 53.4 Å². The molecule has 2 atom stereocenters. The predicted octanol–water partition coefficient (Wildman–Crippen LogP) is 2.62. The molecule has 0 aromatic heterocycles. The minimum atomic E-state index is 0.203. The molecule has 90 valence electrons. The molecule has 1 heterocycles. The van der Waals surface area contributed by atoms with Crippen LogP contribution in [0.4, 0.5) is 0 Å². The molecule has 0 amide bonds. The number of hydrogen-bond donors (Lipinski definition) is 1. The van der Waals surface area contributed by atoms with E-state index >= 15 is 0 Å². The molecule has 1 rings (SSSR count). The average molecular weight is 212 g/mol. The van der Waals surface area contributed by atoms with Gasteiger partial charge in [0.1, 0.15) is 0 Å². The van der Waals surface area contributed by atoms with Crippen LogP contribution in [0.25, 0.3) is 0 Å². The van der Waals surface area contributed by atoms with Crippen molar-refractivity contribution in [1.29, 1.82) is 0 Å². The van der Waals surface area contributed by atoms with Crippen LogP contribution in [0.2, 0.25) is 0 Å². The molecule has 0 aromatic carbocycles. The van der Waals surface area contributed by atoms with Gasteiger partial charge < -0.3 is 5.73 Å². The van der Waals surface area contributed by atoms with Crippen LogP contribution in [0.3, 0.4) is 0 Å². The first-order chi connectivity index (χ1) is 7.02. The number of hydrogen-bond acceptors (Lipinski definition) is 2. The Morgan fingerprint density at radius 3 is 2.13 bits per heavy atom. The molecule has 15 heavy (non-hydrogen) atoms. The van der Waals surface area contributed by atoms with Gasteiger partial charge in [-0.15, -0.1) is 0 Å². The Morgan fingerprint density at radius 1 is 1.20 bits per heavy atom. The normalized spacial score (nSPS) is 25.2. The Hall–Kier alpha value is -0.0800. The van der Waals surface area contributed by atoms with Gasteiger partial charge in [0.2, 0.25) is 0 Å². The van der Waals surface area contributed by atoms with Gasteiger partial charge in [0, 0.05) is 11.6 Å². The van der Waals surface area contributed by atoms with Crippen molar-refractivity contribution in [2.75, 3.05) is 13.1 Å². The van der Waals surface area contributed by atoms with Crippen LogP contribution in [0.15, 0.2) is 0 Å². The first-order valence-electron chi connectivity index (χ1n) is 6.53. The highest BCUT2D eigenvalue weighted by Gasteiger charge is 2.37. The minimum absolute atomic E-state index is 0.203. The molecule has 0 spiro atoms. The molecule has 0 saturated carbocycles. The number of piperidine rings is 1. The van der Waals surface area contributed by atoms with Crippen LogP contribution >= 0.6 is 0 Å². The van der Waals surface area contributed by atoms with E-state index in [1.165, 1.54) is 32.4 Å². The summed E-state index contributed by atoms with van der Waals surface area (Å²) in [5.41, 5.74) is 6.60. The Morgan fingerprint density at radius 2 is 1.73 bits per heavy atom. The van der Waals surface area contributed by atoms with Crippen molar-refractivity contribution in [3.63, 3.8) is 0 Å². The monoisotopic (exact) mass is 212 g/mol. The highest BCUT2D eigenvalue weighted by molar-refractivity contribution is 4.96. The third-order valence-corrected chi connectivity index (χ3v) is 4.23. The van der Waals surface area contributed by atoms with Gasteiger partial charge >= 0.3 is 0 Å². The van der Waals surface area contributed by atoms with Crippen molar-refractivity contribution in [3.8, 4) is 0 Å². The molecular formula is C13H28N2. The van der Waals surface area contributed by atoms with Crippen molar-refractivity contribution < 1.29 is 0 Å². The van der Waals surface area contributed by atoms with Crippen molar-refractivity contribution in [2.45, 2.75) is 65.0 Å². The molecule has 1 aliphatic rings. The van der Waals surface area contributed by atoms with E-state index < -0.39 is 0 Å². The van der Waals surface area contributed by atoms with E-state index in [4.69, 9.17) is 5.73 Å². The van der Waals surface area contributed by atoms with Gasteiger partial charge in [-0.2, -0.15) is 0 Å². The zero-order chi connectivity index (χ0) is 11.5. The lowest BCUT2D eigenvalue weighted by Crippen LogP contribution is -2.60. The van der Waals surface area contributed by atoms with Gasteiger partial charge in [0.05, 0.1) is 0 Å². The van der Waals surface area contributed by atoms with Crippen LogP contribution in [-0.2, 0) is 0 Å². The van der Waals surface area contributed by atoms with E-state index in [2.05, 4.69) is 32.6 Å². The Kier molecular flexibility index (Phi) is 4.60. The van der Waals surface area contributed by atoms with E-state index in [1.54, 1.807) is 0 Å². The number of nitrogens with two attached hydrogens (primary N) is 1. The molecule has 1 fully saturated rings. The minimum Gasteiger partial charge on any atom is -0.326 e. The number of nitrogens with zero attached hydrogens (tertiary/aromatic N) is 1. The molecule has 2 nitrogen and oxygen atoms in total. The zero-order valence-electron chi connectivity index (χ0n) is 10.9. The van der Waals surface area contributed by atoms with Gasteiger partial charge in [-0.1, -0.05) is 27.2 Å². The van der Waals surface area contributed by atoms with Crippen LogP contribution < -0.4 is 5.73 Å². The zero-order valence-corrected chi connectivity index (χ0v) is 10.9. The summed E-state index contributed by atoms with van der Waals surface area (Å²) in [6.07, 6.45) is 5.25. The summed E-state index contributed by atoms with van der Waals surface area (Å²) in [5, 5.41) is 0. The largest absolute Gasteiger partial charge is 0.326 e. The van der Waals surface area contributed by atoms with Gasteiger partial charge in [-0.25, -0.2) is 0 Å². The lowest BCUT2D eigenvalue weighted by molar-refractivity contribution is 0.0415. The molecule has 1 saturated heterocycles. The lowest BCUT2D eigenvalue weighted by Gasteiger charge is -2.48. The fourth-order valence-corrected chi connectivity index (χ4v) is 2.79. The van der Waals surface area contributed by atoms with Crippen LogP contribution in [0.5, 0.6) is 0 Å². The SMILES string of the molecule is CCC(C)(C(N)C(C)C)N1CCCCC1. The topological polar surface area (TPSA) is 29.3 Å². The number of rotatable bonds is 4. The molecule has 2 N–H and O–H groups in total. The smallest absolute Gasteiger partial charge is 0.0332 e. The van der Waals surface area contributed by atoms with E-state index in [0.29, 0.717) is 12.0 Å². The van der Waals surface area contributed by atoms with E-state index in [0.717, 1.165) is 6.42 Å². The summed E-state index contributed by atoms with van der Waals surface area (Å²) in [6, 6.07) is 0.292. The maximum Gasteiger partial charge on any atom is 0.0332 e. The third-order valence-electron chi connectivity index (χ3n) is 4.23. The van der Waals surface area contributed by atoms with Gasteiger partial charge in [-0.3, -0.25) is 4.90 Å². The quantitative estimate of drug-likeness (QED) is 0.776. The third kappa shape index (κ3) is 2.73. The van der Waals surface area contributed by atoms with Crippen molar-refractivity contribution >= 4 is 0 Å². The highest BCUT2D eigenvalue weighted by Crippen LogP contribution is 2.29. The lowest BCUT2D eigenvalue weighted by atomic mass is 9.80. The fraction of sp³-hybridized carbons (Fsp3) is 1.00. The van der Waals surface area contributed by atoms with Crippen LogP contribution in [0, 0.1) is 5.92 Å². The molecule has 2 heteroatoms. The Labute approximate surface area is 95.2 Å². The summed E-state index contributed by atoms with van der Waals surface area (Å²) in [7, 11) is 0. The second-order valence-electron chi connectivity index (χ2n) is 5.53. The summed E-state index contributed by atoms with van der Waals surface area (Å²) < 4.78 is 0. The average Bonchev–Trinajstić information content (AvgIpc) is 2.28. The van der Waals surface area contributed by atoms with Crippen molar-refractivity contribution in [1.82, 2.24) is 4.90 Å². The van der Waals surface area contributed by atoms with Crippen molar-refractivity contribution in [3.05, 3.63) is 0 Å². The maximum atomic E-state index is 6.39. The van der Waals surface area contributed by atoms with Crippen LogP contribution in [-0.4, -0.2) is 29.6 Å². The summed E-state index contributed by atoms with van der Waals surface area (Å²) in [4.78, 5) is 2.63. The first-order valence-corrected chi connectivity index (χ1v) is 6.53. The van der Waals surface area contributed by atoms with E-state index in [9.17, 15) is 0 Å². The highest BCUT2D eigenvalue weighted by atomic mass is 15.2. The predicted molar refractivity (Wildman–Crippen MR) is 66.9 cm³/mol. The second kappa shape index (κ2) is 5.31. The van der Waals surface area contributed by atoms with E-state index in [1.807, 2.05) is 0 Å².